The lowest BCUT2D eigenvalue weighted by Crippen LogP contribution is -2.56. The van der Waals surface area contributed by atoms with Gasteiger partial charge in [-0.25, -0.2) is 9.80 Å². The Labute approximate surface area is 140 Å². The fourth-order valence-electron chi connectivity index (χ4n) is 2.58. The van der Waals surface area contributed by atoms with Crippen LogP contribution in [0, 0.1) is 0 Å². The van der Waals surface area contributed by atoms with Gasteiger partial charge in [0.2, 0.25) is 0 Å². The highest BCUT2D eigenvalue weighted by Crippen LogP contribution is 2.26. The maximum Gasteiger partial charge on any atom is 0.431 e. The summed E-state index contributed by atoms with van der Waals surface area (Å²) >= 11 is 0. The summed E-state index contributed by atoms with van der Waals surface area (Å²) in [5, 5.41) is 2.59. The standard InChI is InChI=1S/C18H18N2O4/c1-19-16(14-8-4-2-5-9-14)12-24-18(22)20(19)17(21)13-23-15-10-6-3-7-11-15/h2-11,16H,12-13H2,1H3/t16-/m0/s1. The predicted molar refractivity (Wildman–Crippen MR) is 87.1 cm³/mol. The van der Waals surface area contributed by atoms with E-state index in [1.807, 2.05) is 48.5 Å². The number of para-hydroxylation sites is 1. The number of ether oxygens (including phenoxy) is 2. The Morgan fingerprint density at radius 3 is 2.42 bits per heavy atom. The van der Waals surface area contributed by atoms with Crippen molar-refractivity contribution in [2.24, 2.45) is 0 Å². The highest BCUT2D eigenvalue weighted by Gasteiger charge is 2.37. The number of amides is 2. The number of hydrazine groups is 1. The normalized spacial score (nSPS) is 18.1. The van der Waals surface area contributed by atoms with E-state index in [1.165, 1.54) is 0 Å². The molecule has 24 heavy (non-hydrogen) atoms. The molecule has 0 saturated carbocycles. The van der Waals surface area contributed by atoms with Crippen LogP contribution in [-0.4, -0.2) is 42.3 Å². The van der Waals surface area contributed by atoms with Gasteiger partial charge in [-0.3, -0.25) is 4.79 Å². The van der Waals surface area contributed by atoms with E-state index in [9.17, 15) is 9.59 Å². The van der Waals surface area contributed by atoms with E-state index in [1.54, 1.807) is 24.2 Å². The van der Waals surface area contributed by atoms with Gasteiger partial charge in [0.05, 0.1) is 6.04 Å². The summed E-state index contributed by atoms with van der Waals surface area (Å²) < 4.78 is 10.6. The molecular formula is C18H18N2O4. The van der Waals surface area contributed by atoms with Crippen molar-refractivity contribution in [3.8, 4) is 5.75 Å². The number of imide groups is 1. The van der Waals surface area contributed by atoms with Crippen molar-refractivity contribution in [3.05, 3.63) is 66.2 Å². The molecule has 0 bridgehead atoms. The maximum absolute atomic E-state index is 12.4. The van der Waals surface area contributed by atoms with Crippen molar-refractivity contribution in [1.82, 2.24) is 10.0 Å². The van der Waals surface area contributed by atoms with Crippen LogP contribution < -0.4 is 4.74 Å². The Morgan fingerprint density at radius 2 is 1.75 bits per heavy atom. The number of rotatable bonds is 4. The Morgan fingerprint density at radius 1 is 1.12 bits per heavy atom. The van der Waals surface area contributed by atoms with Crippen LogP contribution in [0.5, 0.6) is 5.75 Å². The quantitative estimate of drug-likeness (QED) is 0.864. The average molecular weight is 326 g/mol. The van der Waals surface area contributed by atoms with Gasteiger partial charge in [0.1, 0.15) is 12.4 Å². The van der Waals surface area contributed by atoms with Gasteiger partial charge >= 0.3 is 6.09 Å². The summed E-state index contributed by atoms with van der Waals surface area (Å²) in [6, 6.07) is 18.4. The molecule has 0 aliphatic carbocycles. The average Bonchev–Trinajstić information content (AvgIpc) is 2.62. The fraction of sp³-hybridized carbons (Fsp3) is 0.222. The largest absolute Gasteiger partial charge is 0.484 e. The second kappa shape index (κ2) is 7.14. The predicted octanol–water partition coefficient (Wildman–Crippen LogP) is 2.63. The number of nitrogens with zero attached hydrogens (tertiary/aromatic N) is 2. The number of carbonyl (C=O) groups is 2. The van der Waals surface area contributed by atoms with Crippen LogP contribution in [0.25, 0.3) is 0 Å². The molecule has 1 heterocycles. The van der Waals surface area contributed by atoms with Gasteiger partial charge in [-0.2, -0.15) is 5.01 Å². The van der Waals surface area contributed by atoms with E-state index < -0.39 is 12.0 Å². The van der Waals surface area contributed by atoms with E-state index in [0.29, 0.717) is 5.75 Å². The number of hydrogen-bond acceptors (Lipinski definition) is 5. The zero-order valence-corrected chi connectivity index (χ0v) is 13.3. The number of hydrogen-bond donors (Lipinski definition) is 0. The molecule has 124 valence electrons. The molecule has 0 spiro atoms. The van der Waals surface area contributed by atoms with Gasteiger partial charge in [-0.1, -0.05) is 48.5 Å². The van der Waals surface area contributed by atoms with E-state index in [4.69, 9.17) is 9.47 Å². The minimum atomic E-state index is -0.689. The third-order valence-corrected chi connectivity index (χ3v) is 3.83. The van der Waals surface area contributed by atoms with Crippen LogP contribution in [0.1, 0.15) is 11.6 Å². The van der Waals surface area contributed by atoms with Crippen molar-refractivity contribution in [3.63, 3.8) is 0 Å². The first-order valence-corrected chi connectivity index (χ1v) is 7.62. The van der Waals surface area contributed by atoms with Crippen LogP contribution in [0.15, 0.2) is 60.7 Å². The highest BCUT2D eigenvalue weighted by atomic mass is 16.6. The first kappa shape index (κ1) is 16.0. The second-order valence-corrected chi connectivity index (χ2v) is 5.38. The van der Waals surface area contributed by atoms with Crippen molar-refractivity contribution >= 4 is 12.0 Å². The maximum atomic E-state index is 12.4. The minimum absolute atomic E-state index is 0.197. The Balaban J connectivity index is 1.70. The third-order valence-electron chi connectivity index (χ3n) is 3.83. The van der Waals surface area contributed by atoms with Gasteiger partial charge in [0.15, 0.2) is 6.61 Å². The summed E-state index contributed by atoms with van der Waals surface area (Å²) in [4.78, 5) is 24.4. The number of benzene rings is 2. The lowest BCUT2D eigenvalue weighted by molar-refractivity contribution is -0.157. The molecule has 1 aliphatic heterocycles. The molecule has 1 atom stereocenters. The van der Waals surface area contributed by atoms with E-state index >= 15 is 0 Å². The number of carbonyl (C=O) groups excluding carboxylic acids is 2. The Hall–Kier alpha value is -2.86. The Kier molecular flexibility index (Phi) is 4.77. The van der Waals surface area contributed by atoms with Crippen LogP contribution in [0.2, 0.25) is 0 Å². The van der Waals surface area contributed by atoms with Crippen LogP contribution in [0.4, 0.5) is 4.79 Å². The van der Waals surface area contributed by atoms with Gasteiger partial charge in [0.25, 0.3) is 5.91 Å². The molecule has 0 radical (unpaired) electrons. The molecule has 6 nitrogen and oxygen atoms in total. The summed E-state index contributed by atoms with van der Waals surface area (Å²) in [7, 11) is 1.69. The summed E-state index contributed by atoms with van der Waals surface area (Å²) in [5.74, 6) is 0.0884. The van der Waals surface area contributed by atoms with Crippen molar-refractivity contribution in [1.29, 1.82) is 0 Å². The summed E-state index contributed by atoms with van der Waals surface area (Å²) in [6.45, 7) is -0.0480. The molecule has 1 fully saturated rings. The molecule has 6 heteroatoms. The van der Waals surface area contributed by atoms with Gasteiger partial charge < -0.3 is 9.47 Å². The van der Waals surface area contributed by atoms with Gasteiger partial charge in [-0.05, 0) is 17.7 Å². The smallest absolute Gasteiger partial charge is 0.431 e. The molecule has 1 aliphatic rings. The molecule has 2 aromatic carbocycles. The lowest BCUT2D eigenvalue weighted by Gasteiger charge is -2.39. The molecule has 1 saturated heterocycles. The molecule has 0 aromatic heterocycles. The van der Waals surface area contributed by atoms with E-state index in [0.717, 1.165) is 10.6 Å². The first-order chi connectivity index (χ1) is 11.7. The van der Waals surface area contributed by atoms with Crippen LogP contribution in [-0.2, 0) is 9.53 Å². The SMILES string of the molecule is CN1[C@H](c2ccccc2)COC(=O)N1C(=O)COc1ccccc1. The molecule has 2 aromatic rings. The van der Waals surface area contributed by atoms with Crippen LogP contribution in [0.3, 0.4) is 0 Å². The second-order valence-electron chi connectivity index (χ2n) is 5.38. The summed E-state index contributed by atoms with van der Waals surface area (Å²) in [5.41, 5.74) is 0.967. The van der Waals surface area contributed by atoms with Crippen LogP contribution >= 0.6 is 0 Å². The van der Waals surface area contributed by atoms with Crippen molar-refractivity contribution in [2.45, 2.75) is 6.04 Å². The van der Waals surface area contributed by atoms with Gasteiger partial charge in [0, 0.05) is 7.05 Å². The summed E-state index contributed by atoms with van der Waals surface area (Å²) in [6.07, 6.45) is -0.689. The van der Waals surface area contributed by atoms with E-state index in [-0.39, 0.29) is 19.3 Å². The monoisotopic (exact) mass is 326 g/mol. The highest BCUT2D eigenvalue weighted by molar-refractivity contribution is 5.92. The molecule has 3 rings (SSSR count). The fourth-order valence-corrected chi connectivity index (χ4v) is 2.58. The number of likely N-dealkylation sites (N-methyl/N-ethyl adjacent to an activating group) is 1. The molecular weight excluding hydrogens is 308 g/mol. The Bertz CT molecular complexity index is 705. The topological polar surface area (TPSA) is 59.1 Å². The lowest BCUT2D eigenvalue weighted by atomic mass is 10.1. The zero-order chi connectivity index (χ0) is 16.9. The zero-order valence-electron chi connectivity index (χ0n) is 13.3. The van der Waals surface area contributed by atoms with Crippen molar-refractivity contribution in [2.75, 3.05) is 20.3 Å². The molecule has 0 unspecified atom stereocenters. The first-order valence-electron chi connectivity index (χ1n) is 7.62. The van der Waals surface area contributed by atoms with E-state index in [2.05, 4.69) is 0 Å². The third kappa shape index (κ3) is 3.38. The van der Waals surface area contributed by atoms with Gasteiger partial charge in [-0.15, -0.1) is 0 Å². The molecule has 2 amide bonds. The number of cyclic esters (lactones) is 1. The van der Waals surface area contributed by atoms with Crippen molar-refractivity contribution < 1.29 is 19.1 Å². The minimum Gasteiger partial charge on any atom is -0.484 e. The molecule has 0 N–H and O–H groups in total.